The number of nitrogens with one attached hydrogen (secondary N) is 1. The second-order valence-electron chi connectivity index (χ2n) is 2.41. The molecule has 2 aromatic heterocycles. The van der Waals surface area contributed by atoms with Gasteiger partial charge in [-0.05, 0) is 0 Å². The van der Waals surface area contributed by atoms with Crippen LogP contribution in [0.25, 0.3) is 11.0 Å². The van der Waals surface area contributed by atoms with Crippen molar-refractivity contribution in [2.45, 2.75) is 0 Å². The Morgan fingerprint density at radius 1 is 1.43 bits per heavy atom. The molecule has 6 heteroatoms. The molecule has 2 rings (SSSR count). The van der Waals surface area contributed by atoms with Crippen LogP contribution in [0.3, 0.4) is 0 Å². The van der Waals surface area contributed by atoms with E-state index in [2.05, 4.69) is 9.97 Å². The molecule has 0 saturated heterocycles. The van der Waals surface area contributed by atoms with E-state index in [1.54, 1.807) is 0 Å². The maximum absolute atomic E-state index is 12.6. The molecule has 0 unspecified atom stereocenters. The van der Waals surface area contributed by atoms with Gasteiger partial charge in [0.05, 0.1) is 22.8 Å². The summed E-state index contributed by atoms with van der Waals surface area (Å²) >= 11 is 0. The number of aldehydes is 1. The monoisotopic (exact) mass is 236 g/mol. The first-order valence-electron chi connectivity index (χ1n) is 3.39. The van der Waals surface area contributed by atoms with Crippen molar-refractivity contribution in [1.29, 1.82) is 0 Å². The molecule has 2 aromatic rings. The minimum absolute atomic E-state index is 0. The zero-order chi connectivity index (χ0) is 8.55. The Morgan fingerprint density at radius 2 is 2.14 bits per heavy atom. The maximum Gasteiger partial charge on any atom is 0.153 e. The Morgan fingerprint density at radius 3 is 2.79 bits per heavy atom. The largest absolute Gasteiger partial charge is 0.359 e. The lowest BCUT2D eigenvalue weighted by molar-refractivity contribution is 0.112. The fourth-order valence-corrected chi connectivity index (χ4v) is 1.09. The number of aromatic nitrogens is 2. The summed E-state index contributed by atoms with van der Waals surface area (Å²) in [6, 6.07) is 1.30. The summed E-state index contributed by atoms with van der Waals surface area (Å²) in [4.78, 5) is 16.9. The summed E-state index contributed by atoms with van der Waals surface area (Å²) in [5.41, 5.74) is 1.49. The molecule has 0 aromatic carbocycles. The van der Waals surface area contributed by atoms with Crippen LogP contribution in [0, 0.1) is 5.82 Å². The topological polar surface area (TPSA) is 45.8 Å². The van der Waals surface area contributed by atoms with Gasteiger partial charge in [0.15, 0.2) is 6.29 Å². The first-order valence-corrected chi connectivity index (χ1v) is 3.39. The second kappa shape index (κ2) is 4.93. The van der Waals surface area contributed by atoms with Gasteiger partial charge in [-0.2, -0.15) is 0 Å². The fraction of sp³-hybridized carbons (Fsp3) is 0. The molecule has 0 aliphatic heterocycles. The van der Waals surface area contributed by atoms with Gasteiger partial charge in [-0.15, -0.1) is 24.8 Å². The summed E-state index contributed by atoms with van der Waals surface area (Å²) < 4.78 is 12.6. The van der Waals surface area contributed by atoms with Crippen LogP contribution in [0.15, 0.2) is 18.5 Å². The third-order valence-electron chi connectivity index (χ3n) is 1.64. The molecule has 2 heterocycles. The molecule has 0 spiro atoms. The average molecular weight is 237 g/mol. The van der Waals surface area contributed by atoms with Gasteiger partial charge < -0.3 is 4.98 Å². The number of nitrogens with zero attached hydrogens (tertiary/aromatic N) is 1. The predicted octanol–water partition coefficient (Wildman–Crippen LogP) is 2.36. The van der Waals surface area contributed by atoms with E-state index in [0.717, 1.165) is 6.20 Å². The Kier molecular flexibility index (Phi) is 4.53. The first-order chi connectivity index (χ1) is 5.81. The number of hydrogen-bond acceptors (Lipinski definition) is 2. The molecule has 0 fully saturated rings. The molecule has 0 aliphatic carbocycles. The highest BCUT2D eigenvalue weighted by Gasteiger charge is 2.03. The van der Waals surface area contributed by atoms with Gasteiger partial charge in [-0.1, -0.05) is 0 Å². The van der Waals surface area contributed by atoms with Crippen molar-refractivity contribution in [3.8, 4) is 0 Å². The highest BCUT2D eigenvalue weighted by molar-refractivity contribution is 5.94. The van der Waals surface area contributed by atoms with Gasteiger partial charge in [0.1, 0.15) is 5.82 Å². The van der Waals surface area contributed by atoms with Crippen molar-refractivity contribution >= 4 is 42.1 Å². The Bertz CT molecular complexity index is 444. The Labute approximate surface area is 91.5 Å². The number of pyridine rings is 1. The van der Waals surface area contributed by atoms with Gasteiger partial charge in [0.2, 0.25) is 0 Å². The summed E-state index contributed by atoms with van der Waals surface area (Å²) in [6.45, 7) is 0. The number of carbonyl (C=O) groups is 1. The van der Waals surface area contributed by atoms with E-state index < -0.39 is 5.82 Å². The van der Waals surface area contributed by atoms with E-state index in [1.807, 2.05) is 0 Å². The highest BCUT2D eigenvalue weighted by Crippen LogP contribution is 2.14. The van der Waals surface area contributed by atoms with Crippen LogP contribution in [-0.4, -0.2) is 16.3 Å². The predicted molar refractivity (Wildman–Crippen MR) is 55.9 cm³/mol. The molecule has 0 aliphatic rings. The number of halogens is 3. The Balaban J connectivity index is 0.000000845. The maximum atomic E-state index is 12.6. The van der Waals surface area contributed by atoms with Crippen molar-refractivity contribution < 1.29 is 9.18 Å². The fourth-order valence-electron chi connectivity index (χ4n) is 1.09. The number of hydrogen-bond donors (Lipinski definition) is 1. The van der Waals surface area contributed by atoms with E-state index >= 15 is 0 Å². The lowest BCUT2D eigenvalue weighted by atomic mass is 10.3. The standard InChI is InChI=1S/C8H5FN2O.2ClH/c9-6-1-7-8(11-3-6)5(4-12)2-10-7;;/h1-4,10H;2*1H. The number of aromatic amines is 1. The van der Waals surface area contributed by atoms with Gasteiger partial charge in [0, 0.05) is 12.3 Å². The second-order valence-corrected chi connectivity index (χ2v) is 2.41. The summed E-state index contributed by atoms with van der Waals surface area (Å²) in [5.74, 6) is -0.415. The lowest BCUT2D eigenvalue weighted by Gasteiger charge is -1.88. The molecular weight excluding hydrogens is 230 g/mol. The van der Waals surface area contributed by atoms with Crippen molar-refractivity contribution in [2.24, 2.45) is 0 Å². The number of rotatable bonds is 1. The molecule has 1 N–H and O–H groups in total. The van der Waals surface area contributed by atoms with Crippen LogP contribution in [-0.2, 0) is 0 Å². The molecule has 0 saturated carbocycles. The third kappa shape index (κ3) is 2.02. The van der Waals surface area contributed by atoms with Crippen LogP contribution in [0.1, 0.15) is 10.4 Å². The van der Waals surface area contributed by atoms with E-state index in [4.69, 9.17) is 0 Å². The molecule has 0 radical (unpaired) electrons. The van der Waals surface area contributed by atoms with Crippen molar-refractivity contribution in [3.05, 3.63) is 29.8 Å². The van der Waals surface area contributed by atoms with Crippen molar-refractivity contribution in [1.82, 2.24) is 9.97 Å². The molecular formula is C8H7Cl2FN2O. The van der Waals surface area contributed by atoms with E-state index in [-0.39, 0.29) is 24.8 Å². The number of fused-ring (bicyclic) bond motifs is 1. The third-order valence-corrected chi connectivity index (χ3v) is 1.64. The molecule has 0 bridgehead atoms. The van der Waals surface area contributed by atoms with Gasteiger partial charge in [-0.3, -0.25) is 9.78 Å². The molecule has 14 heavy (non-hydrogen) atoms. The number of H-pyrrole nitrogens is 1. The minimum Gasteiger partial charge on any atom is -0.359 e. The van der Waals surface area contributed by atoms with Gasteiger partial charge in [-0.25, -0.2) is 4.39 Å². The molecule has 0 atom stereocenters. The van der Waals surface area contributed by atoms with E-state index in [9.17, 15) is 9.18 Å². The smallest absolute Gasteiger partial charge is 0.153 e. The molecule has 0 amide bonds. The zero-order valence-corrected chi connectivity index (χ0v) is 8.49. The van der Waals surface area contributed by atoms with Crippen molar-refractivity contribution in [2.75, 3.05) is 0 Å². The summed E-state index contributed by atoms with van der Waals surface area (Å²) in [5, 5.41) is 0. The van der Waals surface area contributed by atoms with Crippen molar-refractivity contribution in [3.63, 3.8) is 0 Å². The Hall–Kier alpha value is -1.13. The summed E-state index contributed by atoms with van der Waals surface area (Å²) in [7, 11) is 0. The molecule has 3 nitrogen and oxygen atoms in total. The van der Waals surface area contributed by atoms with Gasteiger partial charge >= 0.3 is 0 Å². The zero-order valence-electron chi connectivity index (χ0n) is 6.86. The highest BCUT2D eigenvalue weighted by atomic mass is 35.5. The molecule has 76 valence electrons. The SMILES string of the molecule is Cl.Cl.O=Cc1c[nH]c2cc(F)cnc12. The quantitative estimate of drug-likeness (QED) is 0.773. The van der Waals surface area contributed by atoms with Gasteiger partial charge in [0.25, 0.3) is 0 Å². The normalized spacial score (nSPS) is 8.93. The number of carbonyl (C=O) groups excluding carboxylic acids is 1. The average Bonchev–Trinajstić information content (AvgIpc) is 2.46. The van der Waals surface area contributed by atoms with E-state index in [0.29, 0.717) is 22.9 Å². The van der Waals surface area contributed by atoms with E-state index in [1.165, 1.54) is 12.3 Å². The lowest BCUT2D eigenvalue weighted by Crippen LogP contribution is -1.81. The van der Waals surface area contributed by atoms with Crippen LogP contribution >= 0.6 is 24.8 Å². The van der Waals surface area contributed by atoms with Crippen LogP contribution < -0.4 is 0 Å². The van der Waals surface area contributed by atoms with Crippen LogP contribution in [0.5, 0.6) is 0 Å². The minimum atomic E-state index is -0.415. The van der Waals surface area contributed by atoms with Crippen LogP contribution in [0.2, 0.25) is 0 Å². The van der Waals surface area contributed by atoms with Crippen LogP contribution in [0.4, 0.5) is 4.39 Å². The first kappa shape index (κ1) is 12.9. The summed E-state index contributed by atoms with van der Waals surface area (Å²) in [6.07, 6.45) is 3.27.